The third-order valence-electron chi connectivity index (χ3n) is 13.0. The van der Waals surface area contributed by atoms with Crippen LogP contribution in [0.5, 0.6) is 0 Å². The molecule has 1 aliphatic carbocycles. The Hall–Kier alpha value is -8.08. The monoisotopic (exact) mass is 760 g/mol. The number of benzene rings is 10. The van der Waals surface area contributed by atoms with Gasteiger partial charge in [-0.1, -0.05) is 140 Å². The number of hydrogen-bond acceptors (Lipinski definition) is 2. The third kappa shape index (κ3) is 4.29. The van der Waals surface area contributed by atoms with E-state index in [9.17, 15) is 0 Å². The lowest BCUT2D eigenvalue weighted by molar-refractivity contribution is 1.01. The topological polar surface area (TPSA) is 35.6 Å². The number of nitrogens with zero attached hydrogens (tertiary/aromatic N) is 4. The van der Waals surface area contributed by atoms with Crippen molar-refractivity contribution in [3.05, 3.63) is 194 Å². The van der Waals surface area contributed by atoms with E-state index >= 15 is 0 Å². The summed E-state index contributed by atoms with van der Waals surface area (Å²) in [6.07, 6.45) is 0. The average molecular weight is 761 g/mol. The summed E-state index contributed by atoms with van der Waals surface area (Å²) in [5.41, 5.74) is 13.8. The van der Waals surface area contributed by atoms with Crippen LogP contribution in [-0.4, -0.2) is 19.1 Å². The molecule has 0 amide bonds. The lowest BCUT2D eigenvalue weighted by Crippen LogP contribution is -2.03. The first-order valence-electron chi connectivity index (χ1n) is 20.6. The van der Waals surface area contributed by atoms with Crippen LogP contribution in [0, 0.1) is 0 Å². The molecule has 0 radical (unpaired) electrons. The van der Waals surface area contributed by atoms with E-state index in [2.05, 4.69) is 203 Å². The Bertz CT molecular complexity index is 3990. The summed E-state index contributed by atoms with van der Waals surface area (Å²) in [5, 5.41) is 13.2. The molecule has 14 rings (SSSR count). The second-order valence-corrected chi connectivity index (χ2v) is 16.1. The molecule has 0 spiro atoms. The molecular weight excluding hydrogens is 729 g/mol. The highest BCUT2D eigenvalue weighted by atomic mass is 15.2. The first-order chi connectivity index (χ1) is 29.7. The van der Waals surface area contributed by atoms with Gasteiger partial charge in [-0.25, -0.2) is 9.97 Å². The van der Waals surface area contributed by atoms with Gasteiger partial charge in [-0.2, -0.15) is 0 Å². The van der Waals surface area contributed by atoms with Crippen molar-refractivity contribution in [2.75, 3.05) is 0 Å². The minimum absolute atomic E-state index is 0.659. The largest absolute Gasteiger partial charge is 0.309 e. The molecule has 60 heavy (non-hydrogen) atoms. The molecule has 0 unspecified atom stereocenters. The molecule has 10 aromatic carbocycles. The summed E-state index contributed by atoms with van der Waals surface area (Å²) >= 11 is 0. The van der Waals surface area contributed by atoms with Gasteiger partial charge >= 0.3 is 0 Å². The fourth-order valence-corrected chi connectivity index (χ4v) is 10.4. The quantitative estimate of drug-likeness (QED) is 0.180. The second-order valence-electron chi connectivity index (χ2n) is 16.1. The lowest BCUT2D eigenvalue weighted by atomic mass is 9.95. The van der Waals surface area contributed by atoms with E-state index in [0.717, 1.165) is 44.3 Å². The standard InChI is InChI=1S/C56H32N4/c1-2-13-34-31-52-47(29-33(34)12-1)40-16-6-9-22-50(40)59(52)37-25-24-35-30-48-41-17-7-10-23-51(41)60(53(48)32-36(35)28-37)56-57-49-21-8-5-18-46(49)55(58-56)45-27-26-44-39-15-4-3-14-38(39)42-19-11-20-43(45)54(42)44/h1-32H. The maximum absolute atomic E-state index is 5.57. The van der Waals surface area contributed by atoms with Gasteiger partial charge in [-0.05, 0) is 109 Å². The van der Waals surface area contributed by atoms with Crippen molar-refractivity contribution in [3.63, 3.8) is 0 Å². The molecular formula is C56H32N4. The van der Waals surface area contributed by atoms with Gasteiger partial charge in [0.05, 0.1) is 33.3 Å². The maximum atomic E-state index is 5.57. The molecule has 13 aromatic rings. The van der Waals surface area contributed by atoms with Gasteiger partial charge in [-0.3, -0.25) is 4.57 Å². The molecule has 4 nitrogen and oxygen atoms in total. The Morgan fingerprint density at radius 3 is 1.63 bits per heavy atom. The Labute approximate surface area is 343 Å². The van der Waals surface area contributed by atoms with E-state index in [1.807, 2.05) is 0 Å². The average Bonchev–Trinajstić information content (AvgIpc) is 3.93. The SMILES string of the molecule is c1ccc2c(c1)-c1cccc3c(-c4nc(-n5c6ccccc6c6cc7ccc(-n8c9ccccc9c9cc%10ccccc%10cc98)cc7cc65)nc5ccccc45)ccc-2c13. The van der Waals surface area contributed by atoms with Crippen LogP contribution in [-0.2, 0) is 0 Å². The van der Waals surface area contributed by atoms with Crippen molar-refractivity contribution in [3.8, 4) is 45.1 Å². The normalized spacial score (nSPS) is 12.3. The summed E-state index contributed by atoms with van der Waals surface area (Å²) in [6, 6.07) is 70.7. The van der Waals surface area contributed by atoms with E-state index in [1.165, 1.54) is 81.8 Å². The summed E-state index contributed by atoms with van der Waals surface area (Å²) < 4.78 is 4.70. The van der Waals surface area contributed by atoms with Crippen molar-refractivity contribution >= 4 is 86.8 Å². The zero-order valence-corrected chi connectivity index (χ0v) is 32.3. The molecule has 0 fully saturated rings. The lowest BCUT2D eigenvalue weighted by Gasteiger charge is -2.14. The third-order valence-corrected chi connectivity index (χ3v) is 13.0. The van der Waals surface area contributed by atoms with E-state index < -0.39 is 0 Å². The molecule has 3 heterocycles. The summed E-state index contributed by atoms with van der Waals surface area (Å²) in [7, 11) is 0. The molecule has 276 valence electrons. The number of rotatable bonds is 3. The number of aromatic nitrogens is 4. The van der Waals surface area contributed by atoms with Crippen LogP contribution in [0.15, 0.2) is 194 Å². The molecule has 3 aromatic heterocycles. The van der Waals surface area contributed by atoms with E-state index in [1.54, 1.807) is 0 Å². The van der Waals surface area contributed by atoms with E-state index in [0.29, 0.717) is 5.95 Å². The van der Waals surface area contributed by atoms with E-state index in [4.69, 9.17) is 9.97 Å². The Kier molecular flexibility index (Phi) is 6.26. The van der Waals surface area contributed by atoms with Crippen molar-refractivity contribution in [2.24, 2.45) is 0 Å². The zero-order chi connectivity index (χ0) is 39.1. The highest BCUT2D eigenvalue weighted by Crippen LogP contribution is 2.49. The Balaban J connectivity index is 1.02. The Morgan fingerprint density at radius 2 is 0.850 bits per heavy atom. The van der Waals surface area contributed by atoms with Crippen molar-refractivity contribution in [1.82, 2.24) is 19.1 Å². The van der Waals surface area contributed by atoms with Gasteiger partial charge in [0.1, 0.15) is 0 Å². The Morgan fingerprint density at radius 1 is 0.300 bits per heavy atom. The first-order valence-corrected chi connectivity index (χ1v) is 20.6. The molecule has 0 atom stereocenters. The predicted octanol–water partition coefficient (Wildman–Crippen LogP) is 14.6. The van der Waals surface area contributed by atoms with Crippen molar-refractivity contribution in [2.45, 2.75) is 0 Å². The van der Waals surface area contributed by atoms with Crippen LogP contribution in [0.4, 0.5) is 0 Å². The molecule has 4 heteroatoms. The van der Waals surface area contributed by atoms with Crippen LogP contribution < -0.4 is 0 Å². The second kappa shape index (κ2) is 11.8. The minimum Gasteiger partial charge on any atom is -0.309 e. The fourth-order valence-electron chi connectivity index (χ4n) is 10.4. The first kappa shape index (κ1) is 31.9. The van der Waals surface area contributed by atoms with Crippen LogP contribution in [0.2, 0.25) is 0 Å². The minimum atomic E-state index is 0.659. The number of fused-ring (bicyclic) bond motifs is 12. The van der Waals surface area contributed by atoms with E-state index in [-0.39, 0.29) is 0 Å². The highest BCUT2D eigenvalue weighted by molar-refractivity contribution is 6.20. The van der Waals surface area contributed by atoms with Crippen LogP contribution >= 0.6 is 0 Å². The van der Waals surface area contributed by atoms with Gasteiger partial charge < -0.3 is 4.57 Å². The molecule has 0 saturated carbocycles. The van der Waals surface area contributed by atoms with Crippen molar-refractivity contribution in [1.29, 1.82) is 0 Å². The van der Waals surface area contributed by atoms with Gasteiger partial charge in [0.25, 0.3) is 0 Å². The fraction of sp³-hybridized carbons (Fsp3) is 0. The van der Waals surface area contributed by atoms with Gasteiger partial charge in [0.2, 0.25) is 5.95 Å². The summed E-state index contributed by atoms with van der Waals surface area (Å²) in [4.78, 5) is 10.9. The summed E-state index contributed by atoms with van der Waals surface area (Å²) in [6.45, 7) is 0. The van der Waals surface area contributed by atoms with Crippen molar-refractivity contribution < 1.29 is 0 Å². The molecule has 0 aliphatic heterocycles. The number of hydrogen-bond donors (Lipinski definition) is 0. The van der Waals surface area contributed by atoms with Crippen LogP contribution in [0.25, 0.3) is 132 Å². The molecule has 0 bridgehead atoms. The van der Waals surface area contributed by atoms with Crippen LogP contribution in [0.3, 0.4) is 0 Å². The maximum Gasteiger partial charge on any atom is 0.235 e. The number of para-hydroxylation sites is 3. The predicted molar refractivity (Wildman–Crippen MR) is 251 cm³/mol. The smallest absolute Gasteiger partial charge is 0.235 e. The zero-order valence-electron chi connectivity index (χ0n) is 32.3. The van der Waals surface area contributed by atoms with Gasteiger partial charge in [-0.15, -0.1) is 0 Å². The van der Waals surface area contributed by atoms with Gasteiger partial charge in [0, 0.05) is 38.2 Å². The van der Waals surface area contributed by atoms with Crippen LogP contribution in [0.1, 0.15) is 0 Å². The molecule has 0 N–H and O–H groups in total. The van der Waals surface area contributed by atoms with Gasteiger partial charge in [0.15, 0.2) is 0 Å². The summed E-state index contributed by atoms with van der Waals surface area (Å²) in [5.74, 6) is 0.659. The molecule has 0 saturated heterocycles. The molecule has 1 aliphatic rings. The highest BCUT2D eigenvalue weighted by Gasteiger charge is 2.25.